The molecule has 0 spiro atoms. The number of aromatic hydroxyl groups is 1. The lowest BCUT2D eigenvalue weighted by molar-refractivity contribution is 0.103. The Morgan fingerprint density at radius 2 is 1.88 bits per heavy atom. The summed E-state index contributed by atoms with van der Waals surface area (Å²) in [5.74, 6) is -0.206. The molecule has 2 aromatic rings. The highest BCUT2D eigenvalue weighted by atomic mass is 31.2. The molecule has 1 atom stereocenters. The first-order valence-electron chi connectivity index (χ1n) is 7.45. The van der Waals surface area contributed by atoms with Crippen LogP contribution in [-0.2, 0) is 9.09 Å². The molecule has 0 aliphatic rings. The molecule has 7 heteroatoms. The van der Waals surface area contributed by atoms with E-state index >= 15 is 0 Å². The van der Waals surface area contributed by atoms with Gasteiger partial charge in [-0.05, 0) is 19.1 Å². The molecular weight excluding hydrogens is 331 g/mol. The van der Waals surface area contributed by atoms with Crippen LogP contribution in [0.2, 0.25) is 0 Å². The van der Waals surface area contributed by atoms with E-state index in [0.29, 0.717) is 11.3 Å². The van der Waals surface area contributed by atoms with E-state index in [1.54, 1.807) is 37.3 Å². The molecule has 2 N–H and O–H groups in total. The maximum atomic E-state index is 12.3. The van der Waals surface area contributed by atoms with E-state index in [1.165, 1.54) is 18.2 Å². The number of rotatable bonds is 8. The van der Waals surface area contributed by atoms with Gasteiger partial charge in [0.15, 0.2) is 5.78 Å². The molecule has 0 saturated heterocycles. The molecule has 0 aliphatic carbocycles. The number of hydrogen-bond acceptors (Lipinski definition) is 5. The van der Waals surface area contributed by atoms with Crippen LogP contribution in [0.3, 0.4) is 0 Å². The molecule has 2 aromatic carbocycles. The van der Waals surface area contributed by atoms with Crippen LogP contribution in [-0.4, -0.2) is 35.2 Å². The molecule has 0 heterocycles. The normalized spacial score (nSPS) is 13.2. The maximum Gasteiger partial charge on any atom is 0.331 e. The smallest absolute Gasteiger partial charge is 0.331 e. The van der Waals surface area contributed by atoms with E-state index in [0.717, 1.165) is 0 Å². The van der Waals surface area contributed by atoms with Crippen LogP contribution >= 0.6 is 7.60 Å². The third kappa shape index (κ3) is 4.93. The van der Waals surface area contributed by atoms with Crippen molar-refractivity contribution in [2.45, 2.75) is 6.92 Å². The summed E-state index contributed by atoms with van der Waals surface area (Å²) in [4.78, 5) is 21.8. The summed E-state index contributed by atoms with van der Waals surface area (Å²) >= 11 is 0. The molecule has 0 radical (unpaired) electrons. The number of ketones is 1. The first kappa shape index (κ1) is 18.2. The van der Waals surface area contributed by atoms with Crippen LogP contribution < -0.4 is 4.74 Å². The van der Waals surface area contributed by atoms with Crippen molar-refractivity contribution in [3.63, 3.8) is 0 Å². The van der Waals surface area contributed by atoms with Gasteiger partial charge in [0.05, 0.1) is 24.9 Å². The predicted molar refractivity (Wildman–Crippen MR) is 89.8 cm³/mol. The van der Waals surface area contributed by atoms with Gasteiger partial charge in [0.25, 0.3) is 0 Å². The number of hydrogen-bond donors (Lipinski definition) is 2. The minimum Gasteiger partial charge on any atom is -0.507 e. The Bertz CT molecular complexity index is 744. The zero-order valence-electron chi connectivity index (χ0n) is 13.2. The molecule has 0 amide bonds. The van der Waals surface area contributed by atoms with E-state index in [2.05, 4.69) is 0 Å². The summed E-state index contributed by atoms with van der Waals surface area (Å²) in [6.45, 7) is 1.73. The van der Waals surface area contributed by atoms with Crippen molar-refractivity contribution < 1.29 is 28.6 Å². The Kier molecular flexibility index (Phi) is 6.15. The number of phenolic OH excluding ortho intramolecular Hbond substituents is 1. The van der Waals surface area contributed by atoms with Crippen LogP contribution in [0.1, 0.15) is 22.8 Å². The molecule has 24 heavy (non-hydrogen) atoms. The summed E-state index contributed by atoms with van der Waals surface area (Å²) in [6.07, 6.45) is -0.160. The lowest BCUT2D eigenvalue weighted by atomic mass is 10.0. The first-order chi connectivity index (χ1) is 11.4. The molecule has 0 saturated carbocycles. The predicted octanol–water partition coefficient (Wildman–Crippen LogP) is 3.22. The monoisotopic (exact) mass is 350 g/mol. The standard InChI is InChI=1S/C17H19O6P/c1-2-23-24(20,21)11-10-22-14-8-9-15(16(18)12-14)17(19)13-6-4-3-5-7-13/h3-9,12,18H,2,10-11H2,1H3,(H,20,21). The van der Waals surface area contributed by atoms with Crippen LogP contribution in [0.4, 0.5) is 0 Å². The number of carbonyl (C=O) groups is 1. The van der Waals surface area contributed by atoms with Crippen LogP contribution in [0.5, 0.6) is 11.5 Å². The fourth-order valence-electron chi connectivity index (χ4n) is 2.08. The number of benzene rings is 2. The van der Waals surface area contributed by atoms with Gasteiger partial charge in [-0.1, -0.05) is 30.3 Å². The average molecular weight is 350 g/mol. The van der Waals surface area contributed by atoms with Crippen molar-refractivity contribution in [2.24, 2.45) is 0 Å². The Morgan fingerprint density at radius 1 is 1.17 bits per heavy atom. The molecule has 0 fully saturated rings. The molecule has 128 valence electrons. The molecule has 2 rings (SSSR count). The maximum absolute atomic E-state index is 12.3. The van der Waals surface area contributed by atoms with Gasteiger partial charge in [-0.15, -0.1) is 0 Å². The SMILES string of the molecule is CCOP(=O)(O)CCOc1ccc(C(=O)c2ccccc2)c(O)c1. The highest BCUT2D eigenvalue weighted by molar-refractivity contribution is 7.52. The van der Waals surface area contributed by atoms with Crippen molar-refractivity contribution in [2.75, 3.05) is 19.4 Å². The fourth-order valence-corrected chi connectivity index (χ4v) is 2.94. The minimum absolute atomic E-state index is 0.0425. The lowest BCUT2D eigenvalue weighted by Crippen LogP contribution is -2.06. The minimum atomic E-state index is -3.65. The molecule has 0 bridgehead atoms. The van der Waals surface area contributed by atoms with Gasteiger partial charge in [0.2, 0.25) is 0 Å². The molecule has 1 unspecified atom stereocenters. The topological polar surface area (TPSA) is 93.1 Å². The van der Waals surface area contributed by atoms with Crippen molar-refractivity contribution in [1.82, 2.24) is 0 Å². The largest absolute Gasteiger partial charge is 0.507 e. The fraction of sp³-hybridized carbons (Fsp3) is 0.235. The second-order valence-corrected chi connectivity index (χ2v) is 6.98. The lowest BCUT2D eigenvalue weighted by Gasteiger charge is -2.12. The van der Waals surface area contributed by atoms with Gasteiger partial charge in [-0.3, -0.25) is 9.36 Å². The number of ether oxygens (including phenoxy) is 1. The van der Waals surface area contributed by atoms with E-state index in [9.17, 15) is 19.4 Å². The second kappa shape index (κ2) is 8.11. The van der Waals surface area contributed by atoms with Crippen LogP contribution in [0.15, 0.2) is 48.5 Å². The summed E-state index contributed by atoms with van der Waals surface area (Å²) < 4.78 is 21.6. The number of phenols is 1. The second-order valence-electron chi connectivity index (χ2n) is 5.00. The van der Waals surface area contributed by atoms with Gasteiger partial charge in [0.1, 0.15) is 11.5 Å². The van der Waals surface area contributed by atoms with E-state index in [4.69, 9.17) is 9.26 Å². The Labute approximate surface area is 140 Å². The number of carbonyl (C=O) groups excluding carboxylic acids is 1. The molecule has 6 nitrogen and oxygen atoms in total. The van der Waals surface area contributed by atoms with Crippen LogP contribution in [0, 0.1) is 0 Å². The van der Waals surface area contributed by atoms with Gasteiger partial charge >= 0.3 is 7.60 Å². The highest BCUT2D eigenvalue weighted by Crippen LogP contribution is 2.41. The average Bonchev–Trinajstić information content (AvgIpc) is 2.55. The molecule has 0 aliphatic heterocycles. The van der Waals surface area contributed by atoms with E-state index < -0.39 is 7.60 Å². The van der Waals surface area contributed by atoms with Crippen molar-refractivity contribution >= 4 is 13.4 Å². The zero-order chi connectivity index (χ0) is 17.6. The van der Waals surface area contributed by atoms with Crippen molar-refractivity contribution in [3.05, 3.63) is 59.7 Å². The Morgan fingerprint density at radius 3 is 2.50 bits per heavy atom. The summed E-state index contributed by atoms with van der Waals surface area (Å²) in [6, 6.07) is 12.9. The summed E-state index contributed by atoms with van der Waals surface area (Å²) in [7, 11) is -3.65. The third-order valence-corrected chi connectivity index (χ3v) is 4.63. The van der Waals surface area contributed by atoms with Gasteiger partial charge < -0.3 is 19.3 Å². The van der Waals surface area contributed by atoms with E-state index in [1.807, 2.05) is 0 Å². The van der Waals surface area contributed by atoms with E-state index in [-0.39, 0.29) is 36.5 Å². The van der Waals surface area contributed by atoms with Gasteiger partial charge in [0, 0.05) is 11.6 Å². The summed E-state index contributed by atoms with van der Waals surface area (Å²) in [5, 5.41) is 10.0. The third-order valence-electron chi connectivity index (χ3n) is 3.22. The first-order valence-corrected chi connectivity index (χ1v) is 9.21. The van der Waals surface area contributed by atoms with Gasteiger partial charge in [-0.2, -0.15) is 0 Å². The Hall–Kier alpha value is -2.14. The molecular formula is C17H19O6P. The van der Waals surface area contributed by atoms with Crippen molar-refractivity contribution in [3.8, 4) is 11.5 Å². The Balaban J connectivity index is 2.02. The van der Waals surface area contributed by atoms with Crippen molar-refractivity contribution in [1.29, 1.82) is 0 Å². The quantitative estimate of drug-likeness (QED) is 0.561. The van der Waals surface area contributed by atoms with Crippen LogP contribution in [0.25, 0.3) is 0 Å². The summed E-state index contributed by atoms with van der Waals surface area (Å²) in [5.41, 5.74) is 0.634. The highest BCUT2D eigenvalue weighted by Gasteiger charge is 2.19. The molecule has 0 aromatic heterocycles. The van der Waals surface area contributed by atoms with Gasteiger partial charge in [-0.25, -0.2) is 0 Å². The zero-order valence-corrected chi connectivity index (χ0v) is 14.1.